The molecular weight excluding hydrogens is 528 g/mol. The predicted molar refractivity (Wildman–Crippen MR) is 153 cm³/mol. The summed E-state index contributed by atoms with van der Waals surface area (Å²) in [7, 11) is 3.77. The molecule has 2 saturated heterocycles. The van der Waals surface area contributed by atoms with Crippen molar-refractivity contribution in [2.45, 2.75) is 12.5 Å². The van der Waals surface area contributed by atoms with Gasteiger partial charge in [-0.25, -0.2) is 23.8 Å². The number of methoxy groups -OCH3 is 1. The molecule has 0 unspecified atom stereocenters. The summed E-state index contributed by atoms with van der Waals surface area (Å²) in [5, 5.41) is 4.89. The van der Waals surface area contributed by atoms with Gasteiger partial charge >= 0.3 is 0 Å². The molecule has 9 nitrogen and oxygen atoms in total. The summed E-state index contributed by atoms with van der Waals surface area (Å²) in [6, 6.07) is 13.5. The average molecular weight is 560 g/mol. The molecule has 1 atom stereocenters. The van der Waals surface area contributed by atoms with Gasteiger partial charge in [0.05, 0.1) is 25.4 Å². The molecule has 0 saturated carbocycles. The Labute approximate surface area is 237 Å². The fourth-order valence-electron chi connectivity index (χ4n) is 5.34. The molecule has 0 bridgehead atoms. The van der Waals surface area contributed by atoms with Gasteiger partial charge < -0.3 is 19.9 Å². The van der Waals surface area contributed by atoms with E-state index in [9.17, 15) is 8.78 Å². The number of likely N-dealkylation sites (N-methyl/N-ethyl adjacent to an activating group) is 1. The van der Waals surface area contributed by atoms with E-state index in [-0.39, 0.29) is 5.56 Å². The van der Waals surface area contributed by atoms with Crippen LogP contribution in [0.5, 0.6) is 5.75 Å². The Balaban J connectivity index is 1.33. The monoisotopic (exact) mass is 559 g/mol. The number of hydrogen-bond donors (Lipinski definition) is 1. The highest BCUT2D eigenvalue weighted by Crippen LogP contribution is 2.41. The topological polar surface area (TPSA) is 78.9 Å². The Morgan fingerprint density at radius 1 is 1.00 bits per heavy atom. The lowest BCUT2D eigenvalue weighted by Crippen LogP contribution is -2.44. The lowest BCUT2D eigenvalue weighted by Gasteiger charge is -2.35. The lowest BCUT2D eigenvalue weighted by molar-refractivity contribution is 0.156. The van der Waals surface area contributed by atoms with Gasteiger partial charge in [0.2, 0.25) is 0 Å². The Bertz CT molecular complexity index is 1520. The number of nitrogens with zero attached hydrogens (tertiary/aromatic N) is 6. The molecule has 0 amide bonds. The highest BCUT2D eigenvalue weighted by atomic mass is 19.2. The maximum Gasteiger partial charge on any atom is 0.164 e. The molecule has 6 rings (SSSR count). The van der Waals surface area contributed by atoms with E-state index in [0.29, 0.717) is 30.4 Å². The molecule has 0 spiro atoms. The number of aromatic nitrogens is 3. The minimum absolute atomic E-state index is 0.221. The number of rotatable bonds is 7. The molecule has 0 radical (unpaired) electrons. The van der Waals surface area contributed by atoms with E-state index in [2.05, 4.69) is 49.2 Å². The van der Waals surface area contributed by atoms with Crippen LogP contribution in [0.4, 0.5) is 31.8 Å². The van der Waals surface area contributed by atoms with E-state index in [0.717, 1.165) is 54.7 Å². The van der Waals surface area contributed by atoms with Crippen molar-refractivity contribution in [2.75, 3.05) is 62.2 Å². The molecule has 41 heavy (non-hydrogen) atoms. The summed E-state index contributed by atoms with van der Waals surface area (Å²) in [5.41, 5.74) is 4.10. The molecule has 2 aliphatic rings. The number of hydrogen-bond acceptors (Lipinski definition) is 9. The van der Waals surface area contributed by atoms with Gasteiger partial charge in [0.15, 0.2) is 17.5 Å². The van der Waals surface area contributed by atoms with E-state index in [1.54, 1.807) is 31.6 Å². The zero-order chi connectivity index (χ0) is 28.3. The molecule has 1 N–H and O–H groups in total. The van der Waals surface area contributed by atoms with Crippen LogP contribution in [0.15, 0.2) is 67.3 Å². The molecule has 4 aromatic rings. The Hall–Kier alpha value is -4.35. The van der Waals surface area contributed by atoms with Crippen LogP contribution < -0.4 is 20.0 Å². The van der Waals surface area contributed by atoms with E-state index in [1.165, 1.54) is 17.5 Å². The van der Waals surface area contributed by atoms with Gasteiger partial charge in [0, 0.05) is 73.9 Å². The van der Waals surface area contributed by atoms with Crippen LogP contribution >= 0.6 is 0 Å². The average Bonchev–Trinajstić information content (AvgIpc) is 3.49. The largest absolute Gasteiger partial charge is 0.494 e. The van der Waals surface area contributed by atoms with E-state index in [1.807, 2.05) is 12.1 Å². The lowest BCUT2D eigenvalue weighted by atomic mass is 10.0. The first-order chi connectivity index (χ1) is 20.0. The third-order valence-electron chi connectivity index (χ3n) is 7.54. The Kier molecular flexibility index (Phi) is 7.62. The van der Waals surface area contributed by atoms with Crippen LogP contribution in [0.1, 0.15) is 18.0 Å². The minimum Gasteiger partial charge on any atom is -0.494 e. The van der Waals surface area contributed by atoms with Crippen molar-refractivity contribution in [2.24, 2.45) is 0 Å². The van der Waals surface area contributed by atoms with Gasteiger partial charge in [-0.15, -0.1) is 0 Å². The first-order valence-corrected chi connectivity index (χ1v) is 13.5. The van der Waals surface area contributed by atoms with Crippen molar-refractivity contribution < 1.29 is 18.4 Å². The molecule has 2 aromatic heterocycles. The second-order valence-electron chi connectivity index (χ2n) is 10.1. The van der Waals surface area contributed by atoms with Crippen molar-refractivity contribution >= 4 is 23.0 Å². The highest BCUT2D eigenvalue weighted by molar-refractivity contribution is 5.86. The zero-order valence-electron chi connectivity index (χ0n) is 22.9. The van der Waals surface area contributed by atoms with Crippen LogP contribution in [0.25, 0.3) is 11.1 Å². The summed E-state index contributed by atoms with van der Waals surface area (Å²) in [6.45, 7) is 4.11. The molecule has 212 valence electrons. The van der Waals surface area contributed by atoms with Crippen molar-refractivity contribution in [3.63, 3.8) is 0 Å². The maximum absolute atomic E-state index is 14.6. The number of hydroxylamine groups is 1. The third kappa shape index (κ3) is 5.50. The Morgan fingerprint density at radius 2 is 1.80 bits per heavy atom. The second kappa shape index (κ2) is 11.6. The molecule has 11 heteroatoms. The molecule has 2 aliphatic heterocycles. The number of ether oxygens (including phenoxy) is 1. The summed E-state index contributed by atoms with van der Waals surface area (Å²) < 4.78 is 34.4. The molecule has 2 fully saturated rings. The zero-order valence-corrected chi connectivity index (χ0v) is 22.9. The summed E-state index contributed by atoms with van der Waals surface area (Å²) in [5.74, 6) is -0.189. The van der Waals surface area contributed by atoms with Crippen LogP contribution in [0, 0.1) is 11.6 Å². The highest BCUT2D eigenvalue weighted by Gasteiger charge is 2.32. The summed E-state index contributed by atoms with van der Waals surface area (Å²) in [6.07, 6.45) is 5.47. The SMILES string of the molecule is COc1cc(N2CCN(C)CC2)c(-c2ccncc2)cc1Nc1cc(N2OCC[C@@H]2c2cccc(F)c2F)ncn1. The number of nitrogens with one attached hydrogen (secondary N) is 1. The number of anilines is 4. The normalized spacial score (nSPS) is 17.6. The number of pyridine rings is 1. The van der Waals surface area contributed by atoms with Gasteiger partial charge in [-0.1, -0.05) is 12.1 Å². The van der Waals surface area contributed by atoms with Crippen LogP contribution in [0.2, 0.25) is 0 Å². The number of halogens is 2. The van der Waals surface area contributed by atoms with Gasteiger partial charge in [0.25, 0.3) is 0 Å². The fraction of sp³-hybridized carbons (Fsp3) is 0.300. The first kappa shape index (κ1) is 26.9. The fourth-order valence-corrected chi connectivity index (χ4v) is 5.34. The quantitative estimate of drug-likeness (QED) is 0.329. The van der Waals surface area contributed by atoms with Gasteiger partial charge in [-0.05, 0) is 36.9 Å². The Morgan fingerprint density at radius 3 is 2.59 bits per heavy atom. The third-order valence-corrected chi connectivity index (χ3v) is 7.54. The van der Waals surface area contributed by atoms with Crippen molar-refractivity contribution in [3.8, 4) is 16.9 Å². The maximum atomic E-state index is 14.6. The van der Waals surface area contributed by atoms with Crippen molar-refractivity contribution in [1.82, 2.24) is 19.9 Å². The van der Waals surface area contributed by atoms with E-state index < -0.39 is 17.7 Å². The molecule has 2 aromatic carbocycles. The van der Waals surface area contributed by atoms with Crippen molar-refractivity contribution in [3.05, 3.63) is 84.4 Å². The van der Waals surface area contributed by atoms with Gasteiger partial charge in [-0.3, -0.25) is 9.82 Å². The smallest absolute Gasteiger partial charge is 0.164 e. The first-order valence-electron chi connectivity index (χ1n) is 13.5. The second-order valence-corrected chi connectivity index (χ2v) is 10.1. The van der Waals surface area contributed by atoms with Gasteiger partial charge in [0.1, 0.15) is 17.9 Å². The van der Waals surface area contributed by atoms with E-state index >= 15 is 0 Å². The molecule has 4 heterocycles. The van der Waals surface area contributed by atoms with Crippen LogP contribution in [-0.4, -0.2) is 66.8 Å². The molecular formula is C30H31F2N7O2. The summed E-state index contributed by atoms with van der Waals surface area (Å²) in [4.78, 5) is 23.5. The van der Waals surface area contributed by atoms with E-state index in [4.69, 9.17) is 9.57 Å². The predicted octanol–water partition coefficient (Wildman–Crippen LogP) is 5.20. The number of piperazine rings is 1. The number of benzene rings is 2. The van der Waals surface area contributed by atoms with Gasteiger partial charge in [-0.2, -0.15) is 0 Å². The standard InChI is InChI=1S/C30H31F2N7O2/c1-37-11-13-38(14-12-37)26-17-27(40-2)24(16-22(26)20-6-9-33-10-7-20)36-28-18-29(35-19-34-28)39-25(8-15-41-39)21-4-3-5-23(31)30(21)32/h3-7,9-10,16-19,25H,8,11-15H2,1-2H3,(H,34,35,36)/t25-/m1/s1. The van der Waals surface area contributed by atoms with Crippen LogP contribution in [-0.2, 0) is 4.84 Å². The molecule has 0 aliphatic carbocycles. The minimum atomic E-state index is -0.892. The van der Waals surface area contributed by atoms with Crippen LogP contribution in [0.3, 0.4) is 0 Å². The van der Waals surface area contributed by atoms with Crippen molar-refractivity contribution in [1.29, 1.82) is 0 Å². The summed E-state index contributed by atoms with van der Waals surface area (Å²) >= 11 is 0.